The van der Waals surface area contributed by atoms with Crippen LogP contribution in [-0.2, 0) is 0 Å². The first-order chi connectivity index (χ1) is 10.8. The first kappa shape index (κ1) is 20.2. The summed E-state index contributed by atoms with van der Waals surface area (Å²) in [7, 11) is 0. The van der Waals surface area contributed by atoms with Crippen molar-refractivity contribution >= 4 is 0 Å². The van der Waals surface area contributed by atoms with Gasteiger partial charge in [-0.05, 0) is 92.9 Å². The van der Waals surface area contributed by atoms with Crippen LogP contribution in [0.5, 0.6) is 0 Å². The Labute approximate surface area is 151 Å². The van der Waals surface area contributed by atoms with E-state index < -0.39 is 0 Å². The molecule has 0 unspecified atom stereocenters. The van der Waals surface area contributed by atoms with Crippen LogP contribution in [0, 0.1) is 11.8 Å². The highest BCUT2D eigenvalue weighted by Crippen LogP contribution is 2.38. The molecule has 2 aliphatic rings. The first-order valence-electron chi connectivity index (χ1n) is 10.4. The van der Waals surface area contributed by atoms with E-state index in [-0.39, 0.29) is 0 Å². The van der Waals surface area contributed by atoms with Crippen molar-refractivity contribution in [2.75, 3.05) is 0 Å². The van der Waals surface area contributed by atoms with E-state index in [0.717, 1.165) is 11.8 Å². The van der Waals surface area contributed by atoms with Crippen LogP contribution in [0.1, 0.15) is 107 Å². The third-order valence-corrected chi connectivity index (χ3v) is 6.02. The molecule has 0 spiro atoms. The maximum atomic E-state index is 3.82. The summed E-state index contributed by atoms with van der Waals surface area (Å²) < 4.78 is 0. The Morgan fingerprint density at radius 2 is 0.792 bits per heavy atom. The van der Waals surface area contributed by atoms with Crippen LogP contribution in [0.15, 0.2) is 0 Å². The molecule has 0 aromatic rings. The lowest BCUT2D eigenvalue weighted by Gasteiger charge is -2.47. The summed E-state index contributed by atoms with van der Waals surface area (Å²) in [6.07, 6.45) is 11.0. The van der Waals surface area contributed by atoms with Crippen molar-refractivity contribution in [3.8, 4) is 0 Å². The zero-order valence-electron chi connectivity index (χ0n) is 17.8. The number of hydrogen-bond acceptors (Lipinski definition) is 2. The van der Waals surface area contributed by atoms with Crippen molar-refractivity contribution in [3.63, 3.8) is 0 Å². The molecule has 0 aromatic carbocycles. The molecular formula is C22H44N2. The van der Waals surface area contributed by atoms with Crippen LogP contribution in [-0.4, -0.2) is 22.2 Å². The maximum Gasteiger partial charge on any atom is 0.0132 e. The van der Waals surface area contributed by atoms with E-state index in [2.05, 4.69) is 66.0 Å². The van der Waals surface area contributed by atoms with Crippen molar-refractivity contribution in [2.24, 2.45) is 11.8 Å². The molecule has 2 heteroatoms. The van der Waals surface area contributed by atoms with Gasteiger partial charge in [0, 0.05) is 22.2 Å². The van der Waals surface area contributed by atoms with E-state index in [0.29, 0.717) is 22.2 Å². The quantitative estimate of drug-likeness (QED) is 0.633. The summed E-state index contributed by atoms with van der Waals surface area (Å²) in [4.78, 5) is 0. The van der Waals surface area contributed by atoms with E-state index in [4.69, 9.17) is 0 Å². The van der Waals surface area contributed by atoms with Crippen LogP contribution in [0.2, 0.25) is 0 Å². The van der Waals surface area contributed by atoms with Crippen molar-refractivity contribution in [1.29, 1.82) is 0 Å². The molecule has 0 aliphatic carbocycles. The molecule has 2 fully saturated rings. The average Bonchev–Trinajstić information content (AvgIpc) is 2.26. The summed E-state index contributed by atoms with van der Waals surface area (Å²) in [6.45, 7) is 19.0. The lowest BCUT2D eigenvalue weighted by Crippen LogP contribution is -2.57. The molecule has 0 radical (unpaired) electrons. The molecule has 2 N–H and O–H groups in total. The topological polar surface area (TPSA) is 24.1 Å². The number of hydrogen-bond donors (Lipinski definition) is 2. The second-order valence-electron chi connectivity index (χ2n) is 11.6. The van der Waals surface area contributed by atoms with Gasteiger partial charge in [-0.25, -0.2) is 0 Å². The second kappa shape index (κ2) is 6.91. The predicted octanol–water partition coefficient (Wildman–Crippen LogP) is 5.66. The Kier molecular flexibility index (Phi) is 5.83. The minimum atomic E-state index is 0.301. The fourth-order valence-corrected chi connectivity index (χ4v) is 6.34. The fourth-order valence-electron chi connectivity index (χ4n) is 6.34. The van der Waals surface area contributed by atoms with Crippen LogP contribution in [0.25, 0.3) is 0 Å². The molecule has 2 aliphatic heterocycles. The summed E-state index contributed by atoms with van der Waals surface area (Å²) in [6, 6.07) is 0. The molecule has 24 heavy (non-hydrogen) atoms. The van der Waals surface area contributed by atoms with Gasteiger partial charge in [-0.15, -0.1) is 0 Å². The SMILES string of the molecule is CC1(C)CC(CCCCC2CC(C)(C)NC(C)(C)C2)CC(C)(C)N1. The van der Waals surface area contributed by atoms with Gasteiger partial charge in [-0.3, -0.25) is 0 Å². The van der Waals surface area contributed by atoms with Gasteiger partial charge in [-0.2, -0.15) is 0 Å². The zero-order valence-corrected chi connectivity index (χ0v) is 17.8. The minimum absolute atomic E-state index is 0.301. The van der Waals surface area contributed by atoms with E-state index in [1.807, 2.05) is 0 Å². The number of unbranched alkanes of at least 4 members (excludes halogenated alkanes) is 1. The zero-order chi connectivity index (χ0) is 18.2. The highest BCUT2D eigenvalue weighted by molar-refractivity contribution is 4.98. The Balaban J connectivity index is 1.75. The number of nitrogens with one attached hydrogen (secondary N) is 2. The van der Waals surface area contributed by atoms with Gasteiger partial charge in [0.1, 0.15) is 0 Å². The first-order valence-corrected chi connectivity index (χ1v) is 10.4. The Bertz CT molecular complexity index is 348. The third-order valence-electron chi connectivity index (χ3n) is 6.02. The summed E-state index contributed by atoms with van der Waals surface area (Å²) >= 11 is 0. The molecule has 2 heterocycles. The van der Waals surface area contributed by atoms with Crippen molar-refractivity contribution in [1.82, 2.24) is 10.6 Å². The molecule has 0 amide bonds. The predicted molar refractivity (Wildman–Crippen MR) is 107 cm³/mol. The molecule has 2 nitrogen and oxygen atoms in total. The van der Waals surface area contributed by atoms with Crippen molar-refractivity contribution in [3.05, 3.63) is 0 Å². The Hall–Kier alpha value is -0.0800. The standard InChI is InChI=1S/C22H44N2/c1-19(2)13-17(14-20(3,4)23-19)11-9-10-12-18-15-21(5,6)24-22(7,8)16-18/h17-18,23-24H,9-16H2,1-8H3. The molecule has 0 saturated carbocycles. The van der Waals surface area contributed by atoms with Gasteiger partial charge in [0.05, 0.1) is 0 Å². The lowest BCUT2D eigenvalue weighted by atomic mass is 9.72. The van der Waals surface area contributed by atoms with E-state index >= 15 is 0 Å². The largest absolute Gasteiger partial charge is 0.307 e. The average molecular weight is 337 g/mol. The monoisotopic (exact) mass is 336 g/mol. The van der Waals surface area contributed by atoms with E-state index in [1.54, 1.807) is 0 Å². The maximum absolute atomic E-state index is 3.82. The number of rotatable bonds is 5. The van der Waals surface area contributed by atoms with E-state index in [9.17, 15) is 0 Å². The molecular weight excluding hydrogens is 292 g/mol. The van der Waals surface area contributed by atoms with Gasteiger partial charge in [0.2, 0.25) is 0 Å². The molecule has 0 aromatic heterocycles. The van der Waals surface area contributed by atoms with Crippen molar-refractivity contribution in [2.45, 2.75) is 129 Å². The minimum Gasteiger partial charge on any atom is -0.307 e. The molecule has 0 bridgehead atoms. The van der Waals surface area contributed by atoms with Gasteiger partial charge in [0.25, 0.3) is 0 Å². The van der Waals surface area contributed by atoms with Crippen LogP contribution >= 0.6 is 0 Å². The highest BCUT2D eigenvalue weighted by Gasteiger charge is 2.38. The van der Waals surface area contributed by atoms with Crippen molar-refractivity contribution < 1.29 is 0 Å². The lowest BCUT2D eigenvalue weighted by molar-refractivity contribution is 0.113. The number of piperidine rings is 2. The molecule has 0 atom stereocenters. The summed E-state index contributed by atoms with van der Waals surface area (Å²) in [5, 5.41) is 7.63. The van der Waals surface area contributed by atoms with Gasteiger partial charge in [0.15, 0.2) is 0 Å². The Morgan fingerprint density at radius 3 is 1.04 bits per heavy atom. The van der Waals surface area contributed by atoms with Crippen LogP contribution in [0.4, 0.5) is 0 Å². The third kappa shape index (κ3) is 6.33. The van der Waals surface area contributed by atoms with Gasteiger partial charge < -0.3 is 10.6 Å². The molecule has 2 rings (SSSR count). The highest BCUT2D eigenvalue weighted by atomic mass is 15.1. The Morgan fingerprint density at radius 1 is 0.542 bits per heavy atom. The van der Waals surface area contributed by atoms with Gasteiger partial charge >= 0.3 is 0 Å². The molecule has 142 valence electrons. The summed E-state index contributed by atoms with van der Waals surface area (Å²) in [5.74, 6) is 1.80. The summed E-state index contributed by atoms with van der Waals surface area (Å²) in [5.41, 5.74) is 1.20. The van der Waals surface area contributed by atoms with Crippen LogP contribution in [0.3, 0.4) is 0 Å². The van der Waals surface area contributed by atoms with Crippen LogP contribution < -0.4 is 10.6 Å². The normalized spacial score (nSPS) is 29.5. The van der Waals surface area contributed by atoms with E-state index in [1.165, 1.54) is 51.4 Å². The fraction of sp³-hybridized carbons (Fsp3) is 1.00. The smallest absolute Gasteiger partial charge is 0.0132 e. The second-order valence-corrected chi connectivity index (χ2v) is 11.6. The van der Waals surface area contributed by atoms with Gasteiger partial charge in [-0.1, -0.05) is 25.7 Å². The molecule has 2 saturated heterocycles.